The summed E-state index contributed by atoms with van der Waals surface area (Å²) >= 11 is 0. The molecule has 0 heterocycles. The van der Waals surface area contributed by atoms with Gasteiger partial charge in [0.1, 0.15) is 5.75 Å². The molecule has 0 aliphatic heterocycles. The summed E-state index contributed by atoms with van der Waals surface area (Å²) in [6, 6.07) is 17.0. The number of nitrogens with one attached hydrogen (secondary N) is 1. The first-order valence-corrected chi connectivity index (χ1v) is 7.17. The molecule has 112 valence electrons. The summed E-state index contributed by atoms with van der Waals surface area (Å²) in [5.41, 5.74) is 3.73. The highest BCUT2D eigenvalue weighted by Gasteiger charge is 2.05. The number of ether oxygens (including phenoxy) is 2. The summed E-state index contributed by atoms with van der Waals surface area (Å²) < 4.78 is 10.3. The average Bonchev–Trinajstić information content (AvgIpc) is 2.54. The second-order valence-corrected chi connectivity index (χ2v) is 5.13. The van der Waals surface area contributed by atoms with E-state index in [9.17, 15) is 0 Å². The van der Waals surface area contributed by atoms with E-state index < -0.39 is 0 Å². The monoisotopic (exact) mass is 285 g/mol. The van der Waals surface area contributed by atoms with Crippen LogP contribution in [-0.4, -0.2) is 14.2 Å². The van der Waals surface area contributed by atoms with E-state index in [0.29, 0.717) is 12.6 Å². The van der Waals surface area contributed by atoms with Gasteiger partial charge in [0.25, 0.3) is 0 Å². The molecule has 0 amide bonds. The molecule has 0 unspecified atom stereocenters. The van der Waals surface area contributed by atoms with E-state index >= 15 is 0 Å². The Morgan fingerprint density at radius 1 is 0.905 bits per heavy atom. The lowest BCUT2D eigenvalue weighted by atomic mass is 10.1. The standard InChI is InChI=1S/C18H23NO2/c1-14(17-8-10-18(21-3)11-9-17)19-12-15-4-6-16(7-5-15)13-20-2/h4-11,14,19H,12-13H2,1-3H3/t14-/m0/s1. The Labute approximate surface area is 126 Å². The molecule has 0 saturated carbocycles. The number of rotatable bonds is 7. The van der Waals surface area contributed by atoms with E-state index in [1.54, 1.807) is 14.2 Å². The van der Waals surface area contributed by atoms with E-state index in [1.807, 2.05) is 12.1 Å². The van der Waals surface area contributed by atoms with Gasteiger partial charge in [-0.2, -0.15) is 0 Å². The fraction of sp³-hybridized carbons (Fsp3) is 0.333. The quantitative estimate of drug-likeness (QED) is 0.841. The molecular formula is C18H23NO2. The van der Waals surface area contributed by atoms with Crippen molar-refractivity contribution in [1.29, 1.82) is 0 Å². The Balaban J connectivity index is 1.88. The fourth-order valence-electron chi connectivity index (χ4n) is 2.20. The number of hydrogen-bond acceptors (Lipinski definition) is 3. The van der Waals surface area contributed by atoms with Crippen molar-refractivity contribution < 1.29 is 9.47 Å². The van der Waals surface area contributed by atoms with Crippen LogP contribution in [0.2, 0.25) is 0 Å². The summed E-state index contributed by atoms with van der Waals surface area (Å²) in [5, 5.41) is 3.53. The van der Waals surface area contributed by atoms with Crippen LogP contribution in [0.15, 0.2) is 48.5 Å². The smallest absolute Gasteiger partial charge is 0.118 e. The van der Waals surface area contributed by atoms with Gasteiger partial charge < -0.3 is 14.8 Å². The van der Waals surface area contributed by atoms with Gasteiger partial charge in [-0.05, 0) is 35.7 Å². The molecule has 3 heteroatoms. The van der Waals surface area contributed by atoms with Crippen LogP contribution in [0.3, 0.4) is 0 Å². The van der Waals surface area contributed by atoms with Crippen LogP contribution in [0, 0.1) is 0 Å². The molecule has 2 rings (SSSR count). The molecule has 0 aromatic heterocycles. The van der Waals surface area contributed by atoms with Crippen molar-refractivity contribution in [2.45, 2.75) is 26.1 Å². The number of hydrogen-bond donors (Lipinski definition) is 1. The van der Waals surface area contributed by atoms with Crippen LogP contribution in [0.4, 0.5) is 0 Å². The Bertz CT molecular complexity index is 534. The van der Waals surface area contributed by atoms with Crippen molar-refractivity contribution in [2.75, 3.05) is 14.2 Å². The predicted octanol–water partition coefficient (Wildman–Crippen LogP) is 3.69. The molecule has 2 aromatic rings. The molecule has 1 atom stereocenters. The van der Waals surface area contributed by atoms with Crippen molar-refractivity contribution in [3.63, 3.8) is 0 Å². The lowest BCUT2D eigenvalue weighted by Gasteiger charge is -2.15. The van der Waals surface area contributed by atoms with Gasteiger partial charge in [-0.1, -0.05) is 36.4 Å². The largest absolute Gasteiger partial charge is 0.497 e. The minimum atomic E-state index is 0.301. The molecule has 0 spiro atoms. The van der Waals surface area contributed by atoms with Gasteiger partial charge in [0.05, 0.1) is 13.7 Å². The summed E-state index contributed by atoms with van der Waals surface area (Å²) in [6.45, 7) is 3.68. The highest BCUT2D eigenvalue weighted by molar-refractivity contribution is 5.29. The maximum absolute atomic E-state index is 5.18. The Kier molecular flexibility index (Phi) is 5.78. The van der Waals surface area contributed by atoms with Crippen LogP contribution in [0.1, 0.15) is 29.7 Å². The summed E-state index contributed by atoms with van der Waals surface area (Å²) in [5.74, 6) is 0.889. The van der Waals surface area contributed by atoms with Crippen LogP contribution in [0.5, 0.6) is 5.75 Å². The predicted molar refractivity (Wildman–Crippen MR) is 85.4 cm³/mol. The molecule has 0 saturated heterocycles. The maximum Gasteiger partial charge on any atom is 0.118 e. The van der Waals surface area contributed by atoms with Gasteiger partial charge in [0, 0.05) is 19.7 Å². The highest BCUT2D eigenvalue weighted by Crippen LogP contribution is 2.17. The Morgan fingerprint density at radius 2 is 1.52 bits per heavy atom. The van der Waals surface area contributed by atoms with Gasteiger partial charge in [-0.25, -0.2) is 0 Å². The minimum absolute atomic E-state index is 0.301. The second kappa shape index (κ2) is 7.81. The van der Waals surface area contributed by atoms with Crippen LogP contribution < -0.4 is 10.1 Å². The first-order chi connectivity index (χ1) is 10.2. The molecule has 0 radical (unpaired) electrons. The van der Waals surface area contributed by atoms with Crippen molar-refractivity contribution in [1.82, 2.24) is 5.32 Å². The second-order valence-electron chi connectivity index (χ2n) is 5.13. The zero-order valence-corrected chi connectivity index (χ0v) is 12.9. The lowest BCUT2D eigenvalue weighted by Crippen LogP contribution is -2.18. The average molecular weight is 285 g/mol. The highest BCUT2D eigenvalue weighted by atomic mass is 16.5. The van der Waals surface area contributed by atoms with E-state index in [2.05, 4.69) is 48.6 Å². The van der Waals surface area contributed by atoms with Crippen molar-refractivity contribution in [2.24, 2.45) is 0 Å². The fourth-order valence-corrected chi connectivity index (χ4v) is 2.20. The van der Waals surface area contributed by atoms with Gasteiger partial charge >= 0.3 is 0 Å². The third kappa shape index (κ3) is 4.59. The first kappa shape index (κ1) is 15.5. The number of methoxy groups -OCH3 is 2. The Morgan fingerprint density at radius 3 is 2.10 bits per heavy atom. The molecule has 0 fully saturated rings. The summed E-state index contributed by atoms with van der Waals surface area (Å²) in [4.78, 5) is 0. The molecule has 2 aromatic carbocycles. The van der Waals surface area contributed by atoms with Gasteiger partial charge in [-0.15, -0.1) is 0 Å². The molecule has 3 nitrogen and oxygen atoms in total. The lowest BCUT2D eigenvalue weighted by molar-refractivity contribution is 0.185. The molecule has 0 aliphatic carbocycles. The van der Waals surface area contributed by atoms with E-state index in [-0.39, 0.29) is 0 Å². The van der Waals surface area contributed by atoms with Crippen molar-refractivity contribution in [3.05, 3.63) is 65.2 Å². The summed E-state index contributed by atoms with van der Waals surface area (Å²) in [7, 11) is 3.40. The zero-order valence-electron chi connectivity index (χ0n) is 12.9. The molecular weight excluding hydrogens is 262 g/mol. The van der Waals surface area contributed by atoms with Crippen LogP contribution in [-0.2, 0) is 17.9 Å². The Hall–Kier alpha value is -1.84. The molecule has 1 N–H and O–H groups in total. The van der Waals surface area contributed by atoms with Gasteiger partial charge in [0.2, 0.25) is 0 Å². The normalized spacial score (nSPS) is 12.1. The molecule has 21 heavy (non-hydrogen) atoms. The van der Waals surface area contributed by atoms with E-state index in [4.69, 9.17) is 9.47 Å². The van der Waals surface area contributed by atoms with Gasteiger partial charge in [0.15, 0.2) is 0 Å². The topological polar surface area (TPSA) is 30.5 Å². The van der Waals surface area contributed by atoms with Gasteiger partial charge in [-0.3, -0.25) is 0 Å². The van der Waals surface area contributed by atoms with E-state index in [0.717, 1.165) is 12.3 Å². The summed E-state index contributed by atoms with van der Waals surface area (Å²) in [6.07, 6.45) is 0. The van der Waals surface area contributed by atoms with Crippen LogP contribution >= 0.6 is 0 Å². The van der Waals surface area contributed by atoms with Crippen molar-refractivity contribution >= 4 is 0 Å². The molecule has 0 bridgehead atoms. The maximum atomic E-state index is 5.18. The number of benzene rings is 2. The third-order valence-electron chi connectivity index (χ3n) is 3.56. The minimum Gasteiger partial charge on any atom is -0.497 e. The first-order valence-electron chi connectivity index (χ1n) is 7.17. The molecule has 0 aliphatic rings. The SMILES string of the molecule is COCc1ccc(CN[C@@H](C)c2ccc(OC)cc2)cc1. The van der Waals surface area contributed by atoms with E-state index in [1.165, 1.54) is 16.7 Å². The zero-order chi connectivity index (χ0) is 15.1. The van der Waals surface area contributed by atoms with Crippen LogP contribution in [0.25, 0.3) is 0 Å². The van der Waals surface area contributed by atoms with Crippen molar-refractivity contribution in [3.8, 4) is 5.75 Å². The third-order valence-corrected chi connectivity index (χ3v) is 3.56.